The second-order valence-electron chi connectivity index (χ2n) is 2.62. The van der Waals surface area contributed by atoms with E-state index in [-0.39, 0.29) is 18.2 Å². The number of halogens is 4. The first-order chi connectivity index (χ1) is 6.54. The van der Waals surface area contributed by atoms with Gasteiger partial charge in [-0.2, -0.15) is 8.78 Å². The number of nitrogens with one attached hydrogen (secondary N) is 1. The zero-order valence-corrected chi connectivity index (χ0v) is 10.2. The molecule has 0 saturated heterocycles. The van der Waals surface area contributed by atoms with E-state index < -0.39 is 6.61 Å². The number of ether oxygens (including phenoxy) is 1. The molecular formula is C8H10BrClF2N2O. The maximum absolute atomic E-state index is 11.9. The van der Waals surface area contributed by atoms with Crippen LogP contribution in [0, 0.1) is 6.92 Å². The molecule has 0 radical (unpaired) electrons. The Bertz CT molecular complexity index is 315. The summed E-state index contributed by atoms with van der Waals surface area (Å²) >= 11 is 3.18. The van der Waals surface area contributed by atoms with Crippen molar-refractivity contribution < 1.29 is 13.5 Å². The van der Waals surface area contributed by atoms with Gasteiger partial charge in [-0.25, -0.2) is 0 Å². The third kappa shape index (κ3) is 3.81. The first kappa shape index (κ1) is 14.4. The average Bonchev–Trinajstić information content (AvgIpc) is 2.01. The Morgan fingerprint density at radius 1 is 1.47 bits per heavy atom. The molecule has 3 N–H and O–H groups in total. The summed E-state index contributed by atoms with van der Waals surface area (Å²) in [4.78, 5) is 0. The monoisotopic (exact) mass is 302 g/mol. The van der Waals surface area contributed by atoms with Gasteiger partial charge in [-0.15, -0.1) is 12.4 Å². The van der Waals surface area contributed by atoms with Crippen LogP contribution in [0.15, 0.2) is 16.6 Å². The Hall–Kier alpha value is -0.590. The molecule has 0 fully saturated rings. The Labute approximate surface area is 100 Å². The standard InChI is InChI=1S/C8H9BrF2N2O.ClH/c1-4-2-5(14-8(10)11)3-6(9)7(4)13-12;/h2-3,8,13H,12H2,1H3;1H. The predicted molar refractivity (Wildman–Crippen MR) is 60.6 cm³/mol. The number of benzene rings is 1. The van der Waals surface area contributed by atoms with E-state index in [1.807, 2.05) is 0 Å². The van der Waals surface area contributed by atoms with Gasteiger partial charge in [0.2, 0.25) is 0 Å². The Kier molecular flexibility index (Phi) is 5.85. The second kappa shape index (κ2) is 6.09. The van der Waals surface area contributed by atoms with E-state index in [2.05, 4.69) is 26.1 Å². The van der Waals surface area contributed by atoms with Crippen molar-refractivity contribution in [1.82, 2.24) is 0 Å². The summed E-state index contributed by atoms with van der Waals surface area (Å²) in [6.07, 6.45) is 0. The highest BCUT2D eigenvalue weighted by Gasteiger charge is 2.09. The van der Waals surface area contributed by atoms with E-state index in [1.165, 1.54) is 12.1 Å². The van der Waals surface area contributed by atoms with Gasteiger partial charge >= 0.3 is 6.61 Å². The maximum Gasteiger partial charge on any atom is 0.387 e. The molecule has 1 rings (SSSR count). The molecule has 0 saturated carbocycles. The van der Waals surface area contributed by atoms with Crippen LogP contribution < -0.4 is 16.0 Å². The fraction of sp³-hybridized carbons (Fsp3) is 0.250. The van der Waals surface area contributed by atoms with Gasteiger partial charge in [-0.1, -0.05) is 0 Å². The van der Waals surface area contributed by atoms with Gasteiger partial charge in [0.15, 0.2) is 0 Å². The maximum atomic E-state index is 11.9. The minimum Gasteiger partial charge on any atom is -0.435 e. The van der Waals surface area contributed by atoms with Gasteiger partial charge in [0, 0.05) is 4.47 Å². The van der Waals surface area contributed by atoms with Gasteiger partial charge in [-0.3, -0.25) is 5.84 Å². The van der Waals surface area contributed by atoms with E-state index >= 15 is 0 Å². The molecule has 0 bridgehead atoms. The summed E-state index contributed by atoms with van der Waals surface area (Å²) < 4.78 is 28.6. The van der Waals surface area contributed by atoms with Crippen LogP contribution in [0.2, 0.25) is 0 Å². The molecular weight excluding hydrogens is 293 g/mol. The van der Waals surface area contributed by atoms with Gasteiger partial charge in [0.05, 0.1) is 5.69 Å². The third-order valence-corrected chi connectivity index (χ3v) is 2.26. The zero-order chi connectivity index (χ0) is 10.7. The molecule has 0 heterocycles. The van der Waals surface area contributed by atoms with Crippen molar-refractivity contribution >= 4 is 34.0 Å². The molecule has 0 atom stereocenters. The SMILES string of the molecule is Cc1cc(OC(F)F)cc(Br)c1NN.Cl. The molecule has 0 aliphatic carbocycles. The Morgan fingerprint density at radius 3 is 2.47 bits per heavy atom. The van der Waals surface area contributed by atoms with Crippen molar-refractivity contribution in [2.75, 3.05) is 5.43 Å². The second-order valence-corrected chi connectivity index (χ2v) is 3.47. The van der Waals surface area contributed by atoms with Crippen molar-refractivity contribution in [1.29, 1.82) is 0 Å². The Balaban J connectivity index is 0.00000196. The molecule has 0 unspecified atom stereocenters. The summed E-state index contributed by atoms with van der Waals surface area (Å²) in [5.74, 6) is 5.33. The highest BCUT2D eigenvalue weighted by Crippen LogP contribution is 2.31. The van der Waals surface area contributed by atoms with E-state index in [0.29, 0.717) is 10.2 Å². The molecule has 15 heavy (non-hydrogen) atoms. The van der Waals surface area contributed by atoms with Gasteiger partial charge in [0.1, 0.15) is 5.75 Å². The first-order valence-electron chi connectivity index (χ1n) is 3.76. The van der Waals surface area contributed by atoms with Crippen molar-refractivity contribution in [3.05, 3.63) is 22.2 Å². The van der Waals surface area contributed by atoms with E-state index in [0.717, 1.165) is 5.56 Å². The molecule has 1 aromatic carbocycles. The van der Waals surface area contributed by atoms with E-state index in [9.17, 15) is 8.78 Å². The summed E-state index contributed by atoms with van der Waals surface area (Å²) in [7, 11) is 0. The lowest BCUT2D eigenvalue weighted by molar-refractivity contribution is -0.0498. The van der Waals surface area contributed by atoms with Crippen LogP contribution in [0.25, 0.3) is 0 Å². The predicted octanol–water partition coefficient (Wildman–Crippen LogP) is 3.07. The Morgan fingerprint density at radius 2 is 2.07 bits per heavy atom. The van der Waals surface area contributed by atoms with Crippen LogP contribution in [0.1, 0.15) is 5.56 Å². The van der Waals surface area contributed by atoms with Gasteiger partial charge < -0.3 is 10.2 Å². The average molecular weight is 304 g/mol. The number of hydrogen-bond donors (Lipinski definition) is 2. The minimum absolute atomic E-state index is 0. The van der Waals surface area contributed by atoms with E-state index in [4.69, 9.17) is 5.84 Å². The van der Waals surface area contributed by atoms with Gasteiger partial charge in [0.25, 0.3) is 0 Å². The molecule has 1 aromatic rings. The van der Waals surface area contributed by atoms with E-state index in [1.54, 1.807) is 6.92 Å². The number of hydrazine groups is 1. The first-order valence-corrected chi connectivity index (χ1v) is 4.55. The van der Waals surface area contributed by atoms with Crippen molar-refractivity contribution in [2.45, 2.75) is 13.5 Å². The number of hydrogen-bond acceptors (Lipinski definition) is 3. The largest absolute Gasteiger partial charge is 0.435 e. The molecule has 0 spiro atoms. The lowest BCUT2D eigenvalue weighted by Gasteiger charge is -2.11. The number of alkyl halides is 2. The minimum atomic E-state index is -2.82. The lowest BCUT2D eigenvalue weighted by atomic mass is 10.2. The lowest BCUT2D eigenvalue weighted by Crippen LogP contribution is -2.09. The third-order valence-electron chi connectivity index (χ3n) is 1.63. The number of rotatable bonds is 3. The summed E-state index contributed by atoms with van der Waals surface area (Å²) in [5, 5.41) is 0. The highest BCUT2D eigenvalue weighted by atomic mass is 79.9. The van der Waals surface area contributed by atoms with Crippen molar-refractivity contribution in [3.63, 3.8) is 0 Å². The summed E-state index contributed by atoms with van der Waals surface area (Å²) in [6, 6.07) is 2.90. The summed E-state index contributed by atoms with van der Waals surface area (Å²) in [5.41, 5.74) is 3.82. The van der Waals surface area contributed by atoms with Crippen LogP contribution in [0.5, 0.6) is 5.75 Å². The van der Waals surface area contributed by atoms with Gasteiger partial charge in [-0.05, 0) is 40.5 Å². The smallest absolute Gasteiger partial charge is 0.387 e. The highest BCUT2D eigenvalue weighted by molar-refractivity contribution is 9.10. The summed E-state index contributed by atoms with van der Waals surface area (Å²) in [6.45, 7) is -1.09. The zero-order valence-electron chi connectivity index (χ0n) is 7.76. The molecule has 0 aliphatic heterocycles. The normalized spacial score (nSPS) is 9.73. The fourth-order valence-corrected chi connectivity index (χ4v) is 1.72. The van der Waals surface area contributed by atoms with Crippen molar-refractivity contribution in [3.8, 4) is 5.75 Å². The molecule has 3 nitrogen and oxygen atoms in total. The van der Waals surface area contributed by atoms with Crippen LogP contribution >= 0.6 is 28.3 Å². The van der Waals surface area contributed by atoms with Crippen LogP contribution in [-0.4, -0.2) is 6.61 Å². The quantitative estimate of drug-likeness (QED) is 0.666. The number of anilines is 1. The molecule has 7 heteroatoms. The van der Waals surface area contributed by atoms with Crippen LogP contribution in [0.4, 0.5) is 14.5 Å². The fourth-order valence-electron chi connectivity index (χ4n) is 1.07. The number of nitrogen functional groups attached to an aromatic ring is 1. The topological polar surface area (TPSA) is 47.3 Å². The van der Waals surface area contributed by atoms with Crippen LogP contribution in [-0.2, 0) is 0 Å². The van der Waals surface area contributed by atoms with Crippen molar-refractivity contribution in [2.24, 2.45) is 5.84 Å². The number of nitrogens with two attached hydrogens (primary N) is 1. The van der Waals surface area contributed by atoms with Crippen LogP contribution in [0.3, 0.4) is 0 Å². The molecule has 0 amide bonds. The molecule has 86 valence electrons. The number of aryl methyl sites for hydroxylation is 1. The molecule has 0 aromatic heterocycles. The molecule has 0 aliphatic rings.